The highest BCUT2D eigenvalue weighted by Crippen LogP contribution is 2.06. The molecule has 0 aromatic carbocycles. The van der Waals surface area contributed by atoms with E-state index in [1.165, 1.54) is 6.54 Å². The molecule has 0 aromatic rings. The third-order valence-corrected chi connectivity index (χ3v) is 4.24. The van der Waals surface area contributed by atoms with Gasteiger partial charge in [0.2, 0.25) is 0 Å². The molecule has 0 spiro atoms. The highest BCUT2D eigenvalue weighted by atomic mass is 16.3. The Morgan fingerprint density at radius 1 is 0.800 bits per heavy atom. The lowest BCUT2D eigenvalue weighted by Gasteiger charge is -2.37. The Balaban J connectivity index is 1.61. The van der Waals surface area contributed by atoms with Crippen molar-refractivity contribution in [1.29, 1.82) is 0 Å². The SMILES string of the molecule is CC(C)CN1CCN(CC(O)CN2CCNCC2)CC1. The fourth-order valence-corrected chi connectivity index (χ4v) is 3.22. The lowest BCUT2D eigenvalue weighted by molar-refractivity contribution is 0.0458. The average molecular weight is 284 g/mol. The van der Waals surface area contributed by atoms with Crippen LogP contribution in [-0.2, 0) is 0 Å². The van der Waals surface area contributed by atoms with E-state index in [4.69, 9.17) is 0 Å². The summed E-state index contributed by atoms with van der Waals surface area (Å²) in [5, 5.41) is 13.6. The van der Waals surface area contributed by atoms with Gasteiger partial charge in [0.25, 0.3) is 0 Å². The Labute approximate surface area is 123 Å². The Kier molecular flexibility index (Phi) is 6.71. The van der Waals surface area contributed by atoms with Crippen LogP contribution >= 0.6 is 0 Å². The maximum absolute atomic E-state index is 10.2. The van der Waals surface area contributed by atoms with Crippen molar-refractivity contribution in [2.75, 3.05) is 72.0 Å². The average Bonchev–Trinajstić information content (AvgIpc) is 2.41. The molecule has 0 amide bonds. The zero-order valence-corrected chi connectivity index (χ0v) is 13.2. The molecule has 0 saturated carbocycles. The van der Waals surface area contributed by atoms with Crippen molar-refractivity contribution >= 4 is 0 Å². The van der Waals surface area contributed by atoms with Gasteiger partial charge in [-0.1, -0.05) is 13.8 Å². The van der Waals surface area contributed by atoms with Gasteiger partial charge < -0.3 is 15.3 Å². The zero-order chi connectivity index (χ0) is 14.4. The van der Waals surface area contributed by atoms with Gasteiger partial charge in [-0.25, -0.2) is 0 Å². The van der Waals surface area contributed by atoms with Crippen molar-refractivity contribution in [2.24, 2.45) is 5.92 Å². The van der Waals surface area contributed by atoms with Crippen LogP contribution in [0.2, 0.25) is 0 Å². The molecule has 5 heteroatoms. The van der Waals surface area contributed by atoms with Crippen LogP contribution in [-0.4, -0.2) is 97.9 Å². The molecule has 1 unspecified atom stereocenters. The van der Waals surface area contributed by atoms with Crippen molar-refractivity contribution < 1.29 is 5.11 Å². The van der Waals surface area contributed by atoms with Crippen LogP contribution in [0.25, 0.3) is 0 Å². The van der Waals surface area contributed by atoms with Crippen molar-refractivity contribution in [2.45, 2.75) is 20.0 Å². The van der Waals surface area contributed by atoms with Crippen LogP contribution < -0.4 is 5.32 Å². The van der Waals surface area contributed by atoms with Gasteiger partial charge in [0.15, 0.2) is 0 Å². The fourth-order valence-electron chi connectivity index (χ4n) is 3.22. The number of nitrogens with zero attached hydrogens (tertiary/aromatic N) is 3. The molecule has 2 saturated heterocycles. The largest absolute Gasteiger partial charge is 0.390 e. The molecule has 2 aliphatic heterocycles. The first-order valence-corrected chi connectivity index (χ1v) is 8.19. The first kappa shape index (κ1) is 16.2. The minimum Gasteiger partial charge on any atom is -0.390 e. The third-order valence-electron chi connectivity index (χ3n) is 4.24. The number of aliphatic hydroxyl groups is 1. The van der Waals surface area contributed by atoms with Gasteiger partial charge in [-0.2, -0.15) is 0 Å². The predicted molar refractivity (Wildman–Crippen MR) is 83.0 cm³/mol. The summed E-state index contributed by atoms with van der Waals surface area (Å²) in [6, 6.07) is 0. The fraction of sp³-hybridized carbons (Fsp3) is 1.00. The van der Waals surface area contributed by atoms with Crippen LogP contribution in [0.1, 0.15) is 13.8 Å². The summed E-state index contributed by atoms with van der Waals surface area (Å²) in [5.74, 6) is 0.750. The molecule has 0 aromatic heterocycles. The standard InChI is InChI=1S/C15H32N4O/c1-14(2)11-18-7-9-19(10-8-18)13-15(20)12-17-5-3-16-4-6-17/h14-16,20H,3-13H2,1-2H3. The second kappa shape index (κ2) is 8.29. The molecule has 118 valence electrons. The van der Waals surface area contributed by atoms with E-state index in [0.29, 0.717) is 0 Å². The first-order valence-electron chi connectivity index (χ1n) is 8.19. The van der Waals surface area contributed by atoms with Crippen LogP contribution in [0.3, 0.4) is 0 Å². The molecule has 2 N–H and O–H groups in total. The Morgan fingerprint density at radius 3 is 1.75 bits per heavy atom. The molecule has 0 aliphatic carbocycles. The number of β-amino-alcohol motifs (C(OH)–C–C–N with tert-alkyl or cyclic N) is 1. The summed E-state index contributed by atoms with van der Waals surface area (Å²) in [6.45, 7) is 16.2. The number of nitrogens with one attached hydrogen (secondary N) is 1. The maximum atomic E-state index is 10.2. The summed E-state index contributed by atoms with van der Waals surface area (Å²) < 4.78 is 0. The van der Waals surface area contributed by atoms with E-state index in [9.17, 15) is 5.11 Å². The lowest BCUT2D eigenvalue weighted by Crippen LogP contribution is -2.52. The summed E-state index contributed by atoms with van der Waals surface area (Å²) in [7, 11) is 0. The molecule has 0 radical (unpaired) electrons. The number of rotatable bonds is 6. The van der Waals surface area contributed by atoms with E-state index >= 15 is 0 Å². The highest BCUT2D eigenvalue weighted by Gasteiger charge is 2.21. The van der Waals surface area contributed by atoms with Gasteiger partial charge in [-0.15, -0.1) is 0 Å². The van der Waals surface area contributed by atoms with E-state index in [1.807, 2.05) is 0 Å². The molecule has 2 rings (SSSR count). The third kappa shape index (κ3) is 5.66. The quantitative estimate of drug-likeness (QED) is 0.690. The summed E-state index contributed by atoms with van der Waals surface area (Å²) in [4.78, 5) is 7.34. The van der Waals surface area contributed by atoms with Gasteiger partial charge in [-0.05, 0) is 5.92 Å². The monoisotopic (exact) mass is 284 g/mol. The van der Waals surface area contributed by atoms with Gasteiger partial charge in [0.1, 0.15) is 0 Å². The van der Waals surface area contributed by atoms with Crippen molar-refractivity contribution in [3.8, 4) is 0 Å². The minimum atomic E-state index is -0.204. The normalized spacial score (nSPS) is 25.2. The smallest absolute Gasteiger partial charge is 0.0793 e. The predicted octanol–water partition coefficient (Wildman–Crippen LogP) is -0.474. The zero-order valence-electron chi connectivity index (χ0n) is 13.2. The molecule has 5 nitrogen and oxygen atoms in total. The molecular weight excluding hydrogens is 252 g/mol. The molecule has 2 heterocycles. The van der Waals surface area contributed by atoms with E-state index in [-0.39, 0.29) is 6.10 Å². The van der Waals surface area contributed by atoms with Gasteiger partial charge in [0, 0.05) is 72.0 Å². The molecule has 2 aliphatic rings. The molecule has 0 bridgehead atoms. The second-order valence-electron chi connectivity index (χ2n) is 6.70. The number of hydrogen-bond donors (Lipinski definition) is 2. The molecule has 2 fully saturated rings. The minimum absolute atomic E-state index is 0.204. The van der Waals surface area contributed by atoms with E-state index in [1.54, 1.807) is 0 Å². The van der Waals surface area contributed by atoms with Crippen LogP contribution in [0.15, 0.2) is 0 Å². The first-order chi connectivity index (χ1) is 9.63. The molecule has 20 heavy (non-hydrogen) atoms. The van der Waals surface area contributed by atoms with Crippen molar-refractivity contribution in [3.63, 3.8) is 0 Å². The summed E-state index contributed by atoms with van der Waals surface area (Å²) >= 11 is 0. The van der Waals surface area contributed by atoms with Crippen LogP contribution in [0.5, 0.6) is 0 Å². The maximum Gasteiger partial charge on any atom is 0.0793 e. The second-order valence-corrected chi connectivity index (χ2v) is 6.70. The molecular formula is C15H32N4O. The van der Waals surface area contributed by atoms with E-state index in [0.717, 1.165) is 71.4 Å². The highest BCUT2D eigenvalue weighted by molar-refractivity contribution is 4.77. The topological polar surface area (TPSA) is 42.0 Å². The van der Waals surface area contributed by atoms with Gasteiger partial charge in [0.05, 0.1) is 6.10 Å². The number of piperazine rings is 2. The molecule has 1 atom stereocenters. The summed E-state index contributed by atoms with van der Waals surface area (Å²) in [5.41, 5.74) is 0. The van der Waals surface area contributed by atoms with Crippen molar-refractivity contribution in [3.05, 3.63) is 0 Å². The Morgan fingerprint density at radius 2 is 1.25 bits per heavy atom. The van der Waals surface area contributed by atoms with Gasteiger partial charge >= 0.3 is 0 Å². The number of aliphatic hydroxyl groups excluding tert-OH is 1. The van der Waals surface area contributed by atoms with Gasteiger partial charge in [-0.3, -0.25) is 9.80 Å². The number of hydrogen-bond acceptors (Lipinski definition) is 5. The van der Waals surface area contributed by atoms with E-state index < -0.39 is 0 Å². The Hall–Kier alpha value is -0.200. The van der Waals surface area contributed by atoms with Crippen LogP contribution in [0.4, 0.5) is 0 Å². The van der Waals surface area contributed by atoms with E-state index in [2.05, 4.69) is 33.9 Å². The van der Waals surface area contributed by atoms with Crippen molar-refractivity contribution in [1.82, 2.24) is 20.0 Å². The van der Waals surface area contributed by atoms with Crippen LogP contribution in [0, 0.1) is 5.92 Å². The lowest BCUT2D eigenvalue weighted by atomic mass is 10.2. The summed E-state index contributed by atoms with van der Waals surface area (Å²) in [6.07, 6.45) is -0.204. The Bertz CT molecular complexity index is 261.